The Kier molecular flexibility index (Phi) is 4.08. The Morgan fingerprint density at radius 2 is 2.00 bits per heavy atom. The van der Waals surface area contributed by atoms with E-state index in [-0.39, 0.29) is 0 Å². The van der Waals surface area contributed by atoms with E-state index >= 15 is 0 Å². The van der Waals surface area contributed by atoms with Crippen LogP contribution in [0.15, 0.2) is 24.3 Å². The Balaban J connectivity index is 2.12. The van der Waals surface area contributed by atoms with Crippen molar-refractivity contribution in [1.29, 1.82) is 0 Å². The van der Waals surface area contributed by atoms with Gasteiger partial charge in [0.25, 0.3) is 0 Å². The average molecular weight is 249 g/mol. The summed E-state index contributed by atoms with van der Waals surface area (Å²) in [4.78, 5) is 2.08. The normalized spacial score (nSPS) is 19.9. The minimum absolute atomic E-state index is 0.471. The average Bonchev–Trinajstić information content (AvgIpc) is 2.33. The maximum absolute atomic E-state index is 10.7. The molecule has 1 atom stereocenters. The van der Waals surface area contributed by atoms with Gasteiger partial charge in [0.2, 0.25) is 0 Å². The first-order valence-corrected chi connectivity index (χ1v) is 6.47. The van der Waals surface area contributed by atoms with E-state index in [9.17, 15) is 9.81 Å². The van der Waals surface area contributed by atoms with Crippen LogP contribution in [-0.2, 0) is 10.3 Å². The molecule has 1 aromatic carbocycles. The summed E-state index contributed by atoms with van der Waals surface area (Å²) in [6, 6.07) is 7.91. The Hall–Kier alpha value is -0.565. The number of likely N-dealkylation sites (tertiary alicyclic amines) is 1. The molecular weight excluding hydrogens is 232 g/mol. The number of piperidine rings is 1. The summed E-state index contributed by atoms with van der Waals surface area (Å²) < 4.78 is 10.5. The molecular formula is C12H17BNO2P. The van der Waals surface area contributed by atoms with Gasteiger partial charge < -0.3 is 0 Å². The van der Waals surface area contributed by atoms with E-state index < -0.39 is 5.60 Å². The van der Waals surface area contributed by atoms with E-state index in [1.807, 2.05) is 24.3 Å². The van der Waals surface area contributed by atoms with Crippen LogP contribution in [0.1, 0.15) is 18.4 Å². The molecule has 1 saturated heterocycles. The van der Waals surface area contributed by atoms with Crippen molar-refractivity contribution in [2.45, 2.75) is 18.4 Å². The molecule has 0 spiro atoms. The predicted octanol–water partition coefficient (Wildman–Crippen LogP) is 0.478. The van der Waals surface area contributed by atoms with E-state index in [0.29, 0.717) is 19.3 Å². The second-order valence-electron chi connectivity index (χ2n) is 4.59. The van der Waals surface area contributed by atoms with Crippen LogP contribution in [0.3, 0.4) is 0 Å². The van der Waals surface area contributed by atoms with Crippen molar-refractivity contribution in [3.63, 3.8) is 0 Å². The molecule has 2 rings (SSSR count). The number of benzene rings is 1. The van der Waals surface area contributed by atoms with Crippen LogP contribution >= 0.6 is 9.24 Å². The Labute approximate surface area is 105 Å². The van der Waals surface area contributed by atoms with Gasteiger partial charge in [-0.15, -0.1) is 0 Å². The Morgan fingerprint density at radius 1 is 1.35 bits per heavy atom. The van der Waals surface area contributed by atoms with Crippen molar-refractivity contribution in [3.05, 3.63) is 29.8 Å². The van der Waals surface area contributed by atoms with Crippen molar-refractivity contribution in [2.24, 2.45) is 0 Å². The van der Waals surface area contributed by atoms with Crippen LogP contribution < -0.4 is 5.30 Å². The Morgan fingerprint density at radius 3 is 2.59 bits per heavy atom. The van der Waals surface area contributed by atoms with Crippen LogP contribution in [0.4, 0.5) is 0 Å². The second kappa shape index (κ2) is 5.39. The van der Waals surface area contributed by atoms with Crippen molar-refractivity contribution in [3.8, 4) is 0 Å². The van der Waals surface area contributed by atoms with Crippen molar-refractivity contribution < 1.29 is 9.81 Å². The van der Waals surface area contributed by atoms with E-state index in [1.165, 1.54) is 0 Å². The molecule has 1 aliphatic heterocycles. The Bertz CT molecular complexity index is 405. The van der Waals surface area contributed by atoms with Crippen LogP contribution in [0.5, 0.6) is 0 Å². The SMILES string of the molecule is O=BCN1CCC(O)(c2ccccc2P)CC1. The fourth-order valence-electron chi connectivity index (χ4n) is 2.40. The summed E-state index contributed by atoms with van der Waals surface area (Å²) in [5, 5.41) is 11.7. The van der Waals surface area contributed by atoms with E-state index in [4.69, 9.17) is 0 Å². The van der Waals surface area contributed by atoms with Gasteiger partial charge in [-0.1, -0.05) is 0 Å². The first kappa shape index (κ1) is 12.9. The molecule has 1 fully saturated rings. The number of hydrogen-bond acceptors (Lipinski definition) is 3. The molecule has 0 aliphatic carbocycles. The van der Waals surface area contributed by atoms with E-state index in [2.05, 4.69) is 14.1 Å². The zero-order valence-electron chi connectivity index (χ0n) is 9.80. The fourth-order valence-corrected chi connectivity index (χ4v) is 2.88. The molecule has 1 heterocycles. The second-order valence-corrected chi connectivity index (χ2v) is 5.21. The molecule has 0 bridgehead atoms. The standard InChI is InChI=1S/C12H17BNO2P/c15-12(10-3-1-2-4-11(10)17)5-7-14(8-6-12)9-13-16/h1-4,15H,5-9,17H2. The molecule has 3 nitrogen and oxygen atoms in total. The van der Waals surface area contributed by atoms with Crippen LogP contribution in [0.25, 0.3) is 0 Å². The fraction of sp³-hybridized carbons (Fsp3) is 0.500. The maximum atomic E-state index is 10.7. The number of nitrogens with zero attached hydrogens (tertiary/aromatic N) is 1. The molecule has 1 N–H and O–H groups in total. The van der Waals surface area contributed by atoms with Crippen LogP contribution in [0, 0.1) is 0 Å². The topological polar surface area (TPSA) is 40.5 Å². The van der Waals surface area contributed by atoms with E-state index in [0.717, 1.165) is 31.1 Å². The van der Waals surface area contributed by atoms with Gasteiger partial charge in [-0.2, -0.15) is 0 Å². The van der Waals surface area contributed by atoms with Gasteiger partial charge in [-0.25, -0.2) is 0 Å². The van der Waals surface area contributed by atoms with Crippen LogP contribution in [0.2, 0.25) is 0 Å². The first-order valence-electron chi connectivity index (χ1n) is 5.89. The van der Waals surface area contributed by atoms with E-state index in [1.54, 1.807) is 0 Å². The third-order valence-corrected chi connectivity index (χ3v) is 3.98. The summed E-state index contributed by atoms with van der Waals surface area (Å²) in [6.45, 7) is 1.54. The zero-order valence-corrected chi connectivity index (χ0v) is 11.0. The number of hydrogen-bond donors (Lipinski definition) is 1. The summed E-state index contributed by atoms with van der Waals surface area (Å²) in [6.07, 6.45) is 1.84. The third-order valence-electron chi connectivity index (χ3n) is 3.48. The number of rotatable bonds is 3. The van der Waals surface area contributed by atoms with Crippen LogP contribution in [-0.4, -0.2) is 36.7 Å². The third kappa shape index (κ3) is 2.82. The molecule has 0 aromatic heterocycles. The van der Waals surface area contributed by atoms with Gasteiger partial charge in [0.15, 0.2) is 0 Å². The molecule has 17 heavy (non-hydrogen) atoms. The molecule has 1 aromatic rings. The van der Waals surface area contributed by atoms with Gasteiger partial charge in [-0.05, 0) is 0 Å². The summed E-state index contributed by atoms with van der Waals surface area (Å²) in [5.74, 6) is 0. The number of aliphatic hydroxyl groups is 1. The molecule has 1 aliphatic rings. The summed E-state index contributed by atoms with van der Waals surface area (Å²) in [5.41, 5.74) is 0.258. The van der Waals surface area contributed by atoms with Crippen molar-refractivity contribution in [1.82, 2.24) is 4.90 Å². The molecule has 1 unspecified atom stereocenters. The van der Waals surface area contributed by atoms with Gasteiger partial charge in [0.05, 0.1) is 0 Å². The first-order chi connectivity index (χ1) is 8.15. The van der Waals surface area contributed by atoms with Crippen molar-refractivity contribution >= 4 is 21.7 Å². The van der Waals surface area contributed by atoms with Gasteiger partial charge in [-0.3, -0.25) is 0 Å². The zero-order chi connectivity index (χ0) is 12.3. The minimum atomic E-state index is -0.738. The van der Waals surface area contributed by atoms with Crippen molar-refractivity contribution in [2.75, 3.05) is 19.5 Å². The van der Waals surface area contributed by atoms with Gasteiger partial charge in [0.1, 0.15) is 0 Å². The summed E-state index contributed by atoms with van der Waals surface area (Å²) in [7, 11) is 3.60. The quantitative estimate of drug-likeness (QED) is 0.625. The molecule has 90 valence electrons. The monoisotopic (exact) mass is 249 g/mol. The molecule has 0 saturated carbocycles. The molecule has 5 heteroatoms. The van der Waals surface area contributed by atoms with Gasteiger partial charge >= 0.3 is 104 Å². The molecule has 0 radical (unpaired) electrons. The summed E-state index contributed by atoms with van der Waals surface area (Å²) >= 11 is 0. The van der Waals surface area contributed by atoms with Gasteiger partial charge in [0, 0.05) is 0 Å². The molecule has 0 amide bonds. The predicted molar refractivity (Wildman–Crippen MR) is 71.8 cm³/mol.